The minimum atomic E-state index is -0.605. The van der Waals surface area contributed by atoms with Crippen molar-refractivity contribution in [1.29, 1.82) is 0 Å². The quantitative estimate of drug-likeness (QED) is 0.428. The second kappa shape index (κ2) is 4.71. The highest BCUT2D eigenvalue weighted by Gasteiger charge is 2.30. The molecule has 0 bridgehead atoms. The Hall–Kier alpha value is -1.43. The van der Waals surface area contributed by atoms with Crippen LogP contribution in [0.4, 0.5) is 0 Å². The number of esters is 1. The molecule has 1 aliphatic heterocycles. The molecule has 1 unspecified atom stereocenters. The fourth-order valence-electron chi connectivity index (χ4n) is 1.14. The summed E-state index contributed by atoms with van der Waals surface area (Å²) in [6, 6.07) is -0.605. The number of rotatable bonds is 4. The van der Waals surface area contributed by atoms with Gasteiger partial charge in [-0.3, -0.25) is 25.0 Å². The van der Waals surface area contributed by atoms with Gasteiger partial charge in [0, 0.05) is 0 Å². The van der Waals surface area contributed by atoms with Gasteiger partial charge in [-0.15, -0.1) is 0 Å². The maximum Gasteiger partial charge on any atom is 0.319 e. The first-order chi connectivity index (χ1) is 6.63. The Balaban J connectivity index is 2.28. The third-order valence-electron chi connectivity index (χ3n) is 1.77. The van der Waals surface area contributed by atoms with Crippen LogP contribution in [-0.2, 0) is 19.1 Å². The first-order valence-electron chi connectivity index (χ1n) is 4.36. The lowest BCUT2D eigenvalue weighted by Crippen LogP contribution is -2.39. The fourth-order valence-corrected chi connectivity index (χ4v) is 1.14. The van der Waals surface area contributed by atoms with E-state index in [-0.39, 0.29) is 24.8 Å². The van der Waals surface area contributed by atoms with Crippen LogP contribution in [0.3, 0.4) is 0 Å². The zero-order valence-corrected chi connectivity index (χ0v) is 7.83. The number of ether oxygens (including phenoxy) is 1. The summed E-state index contributed by atoms with van der Waals surface area (Å²) in [7, 11) is 0. The Labute approximate surface area is 81.0 Å². The minimum Gasteiger partial charge on any atom is -0.465 e. The Morgan fingerprint density at radius 1 is 1.64 bits per heavy atom. The van der Waals surface area contributed by atoms with Crippen molar-refractivity contribution in [2.75, 3.05) is 13.2 Å². The number of carbonyl (C=O) groups is 3. The van der Waals surface area contributed by atoms with E-state index in [1.165, 1.54) is 0 Å². The maximum absolute atomic E-state index is 11.0. The largest absolute Gasteiger partial charge is 0.465 e. The van der Waals surface area contributed by atoms with Crippen molar-refractivity contribution in [3.8, 4) is 0 Å². The molecule has 2 N–H and O–H groups in total. The number of carbonyl (C=O) groups excluding carboxylic acids is 3. The van der Waals surface area contributed by atoms with Gasteiger partial charge in [-0.1, -0.05) is 0 Å². The van der Waals surface area contributed by atoms with Crippen LogP contribution in [-0.4, -0.2) is 37.0 Å². The van der Waals surface area contributed by atoms with Crippen LogP contribution >= 0.6 is 0 Å². The van der Waals surface area contributed by atoms with Crippen molar-refractivity contribution in [1.82, 2.24) is 10.6 Å². The monoisotopic (exact) mass is 200 g/mol. The van der Waals surface area contributed by atoms with E-state index in [0.29, 0.717) is 6.61 Å². The molecule has 0 saturated carbocycles. The molecule has 1 aliphatic rings. The van der Waals surface area contributed by atoms with Gasteiger partial charge in [0.05, 0.1) is 25.6 Å². The van der Waals surface area contributed by atoms with Crippen LogP contribution < -0.4 is 10.6 Å². The van der Waals surface area contributed by atoms with Crippen molar-refractivity contribution in [3.63, 3.8) is 0 Å². The number of hydrogen-bond acceptors (Lipinski definition) is 5. The van der Waals surface area contributed by atoms with E-state index in [0.717, 1.165) is 0 Å². The molecule has 2 amide bonds. The highest BCUT2D eigenvalue weighted by atomic mass is 16.5. The van der Waals surface area contributed by atoms with Crippen LogP contribution in [0, 0.1) is 0 Å². The molecule has 0 spiro atoms. The molecule has 6 heteroatoms. The number of imide groups is 1. The van der Waals surface area contributed by atoms with E-state index < -0.39 is 12.0 Å². The standard InChI is InChI=1S/C8H12N2O4/c1-2-14-7(12)4-9-5-3-6(11)10-8(5)13/h5,9H,2-4H2,1H3,(H,10,11,13). The van der Waals surface area contributed by atoms with Gasteiger partial charge in [0.15, 0.2) is 0 Å². The molecule has 0 radical (unpaired) electrons. The van der Waals surface area contributed by atoms with Crippen LogP contribution in [0.2, 0.25) is 0 Å². The summed E-state index contributed by atoms with van der Waals surface area (Å²) in [5.41, 5.74) is 0. The first kappa shape index (κ1) is 10.6. The molecule has 78 valence electrons. The van der Waals surface area contributed by atoms with Crippen LogP contribution in [0.1, 0.15) is 13.3 Å². The maximum atomic E-state index is 11.0. The Kier molecular flexibility index (Phi) is 3.58. The molecule has 14 heavy (non-hydrogen) atoms. The normalized spacial score (nSPS) is 20.8. The molecule has 0 aromatic rings. The molecular weight excluding hydrogens is 188 g/mol. The highest BCUT2D eigenvalue weighted by Crippen LogP contribution is 2.00. The number of nitrogens with one attached hydrogen (secondary N) is 2. The van der Waals surface area contributed by atoms with E-state index in [1.807, 2.05) is 0 Å². The van der Waals surface area contributed by atoms with E-state index in [1.54, 1.807) is 6.92 Å². The summed E-state index contributed by atoms with van der Waals surface area (Å²) < 4.78 is 4.65. The summed E-state index contributed by atoms with van der Waals surface area (Å²) in [4.78, 5) is 32.6. The molecule has 1 atom stereocenters. The molecular formula is C8H12N2O4. The predicted molar refractivity (Wildman–Crippen MR) is 46.2 cm³/mol. The molecule has 6 nitrogen and oxygen atoms in total. The van der Waals surface area contributed by atoms with Gasteiger partial charge in [0.25, 0.3) is 0 Å². The van der Waals surface area contributed by atoms with Crippen LogP contribution in [0.15, 0.2) is 0 Å². The van der Waals surface area contributed by atoms with Gasteiger partial charge in [-0.05, 0) is 6.92 Å². The summed E-state index contributed by atoms with van der Waals surface area (Å²) in [5.74, 6) is -1.14. The topological polar surface area (TPSA) is 84.5 Å². The van der Waals surface area contributed by atoms with Gasteiger partial charge in [0.1, 0.15) is 0 Å². The van der Waals surface area contributed by atoms with Crippen molar-refractivity contribution in [3.05, 3.63) is 0 Å². The molecule has 1 heterocycles. The summed E-state index contributed by atoms with van der Waals surface area (Å²) in [6.45, 7) is 1.94. The van der Waals surface area contributed by atoms with Gasteiger partial charge in [-0.2, -0.15) is 0 Å². The van der Waals surface area contributed by atoms with Gasteiger partial charge in [-0.25, -0.2) is 0 Å². The van der Waals surface area contributed by atoms with Gasteiger partial charge in [0.2, 0.25) is 11.8 Å². The van der Waals surface area contributed by atoms with Crippen LogP contribution in [0.5, 0.6) is 0 Å². The Morgan fingerprint density at radius 2 is 2.36 bits per heavy atom. The Morgan fingerprint density at radius 3 is 2.86 bits per heavy atom. The van der Waals surface area contributed by atoms with E-state index in [2.05, 4.69) is 15.4 Å². The lowest BCUT2D eigenvalue weighted by molar-refractivity contribution is -0.142. The highest BCUT2D eigenvalue weighted by molar-refractivity contribution is 6.05. The molecule has 0 aliphatic carbocycles. The first-order valence-corrected chi connectivity index (χ1v) is 4.36. The fraction of sp³-hybridized carbons (Fsp3) is 0.625. The van der Waals surface area contributed by atoms with Crippen molar-refractivity contribution in [2.45, 2.75) is 19.4 Å². The zero-order chi connectivity index (χ0) is 10.6. The van der Waals surface area contributed by atoms with Crippen molar-refractivity contribution < 1.29 is 19.1 Å². The van der Waals surface area contributed by atoms with E-state index >= 15 is 0 Å². The summed E-state index contributed by atoms with van der Waals surface area (Å²) in [6.07, 6.45) is 0.0816. The number of hydrogen-bond donors (Lipinski definition) is 2. The second-order valence-corrected chi connectivity index (χ2v) is 2.86. The predicted octanol–water partition coefficient (Wildman–Crippen LogP) is -1.45. The molecule has 0 aromatic heterocycles. The average molecular weight is 200 g/mol. The van der Waals surface area contributed by atoms with Gasteiger partial charge < -0.3 is 4.74 Å². The smallest absolute Gasteiger partial charge is 0.319 e. The average Bonchev–Trinajstić information content (AvgIpc) is 2.42. The summed E-state index contributed by atoms with van der Waals surface area (Å²) >= 11 is 0. The lowest BCUT2D eigenvalue weighted by Gasteiger charge is -2.07. The third kappa shape index (κ3) is 2.81. The SMILES string of the molecule is CCOC(=O)CNC1CC(=O)NC1=O. The minimum absolute atomic E-state index is 0.0563. The van der Waals surface area contributed by atoms with Crippen molar-refractivity contribution in [2.24, 2.45) is 0 Å². The second-order valence-electron chi connectivity index (χ2n) is 2.86. The molecule has 1 rings (SSSR count). The third-order valence-corrected chi connectivity index (χ3v) is 1.77. The van der Waals surface area contributed by atoms with E-state index in [4.69, 9.17) is 0 Å². The number of amides is 2. The molecule has 1 fully saturated rings. The van der Waals surface area contributed by atoms with Gasteiger partial charge >= 0.3 is 5.97 Å². The van der Waals surface area contributed by atoms with Crippen molar-refractivity contribution >= 4 is 17.8 Å². The van der Waals surface area contributed by atoms with Crippen LogP contribution in [0.25, 0.3) is 0 Å². The lowest BCUT2D eigenvalue weighted by atomic mass is 10.2. The van der Waals surface area contributed by atoms with E-state index in [9.17, 15) is 14.4 Å². The Bertz CT molecular complexity index is 264. The summed E-state index contributed by atoms with van der Waals surface area (Å²) in [5, 5.41) is 4.77. The molecule has 1 saturated heterocycles. The molecule has 0 aromatic carbocycles. The zero-order valence-electron chi connectivity index (χ0n) is 7.83.